The van der Waals surface area contributed by atoms with Gasteiger partial charge in [0.25, 0.3) is 0 Å². The van der Waals surface area contributed by atoms with E-state index in [4.69, 9.17) is 0 Å². The zero-order chi connectivity index (χ0) is 15.2. The fraction of sp³-hybridized carbons (Fsp3) is 0.778. The van der Waals surface area contributed by atoms with Gasteiger partial charge in [-0.25, -0.2) is 0 Å². The lowest BCUT2D eigenvalue weighted by Gasteiger charge is -2.32. The van der Waals surface area contributed by atoms with Crippen LogP contribution in [0.2, 0.25) is 0 Å². The first kappa shape index (κ1) is 16.8. The Labute approximate surface area is 124 Å². The Morgan fingerprint density at radius 3 is 1.37 bits per heavy atom. The Morgan fingerprint density at radius 1 is 0.684 bits per heavy atom. The van der Waals surface area contributed by atoms with Gasteiger partial charge >= 0.3 is 0 Å². The molecule has 1 aromatic heterocycles. The van der Waals surface area contributed by atoms with Crippen LogP contribution in [0.5, 0.6) is 0 Å². The van der Waals surface area contributed by atoms with Gasteiger partial charge in [0.2, 0.25) is 0 Å². The van der Waals surface area contributed by atoms with Crippen LogP contribution in [-0.2, 0) is 22.7 Å². The second-order valence-electron chi connectivity index (χ2n) is 8.71. The molecule has 1 aromatic rings. The fourth-order valence-corrected chi connectivity index (χ4v) is 4.48. The molecule has 0 saturated carbocycles. The molecule has 0 fully saturated rings. The average Bonchev–Trinajstić information content (AvgIpc) is 2.54. The molecule has 1 heteroatoms. The van der Waals surface area contributed by atoms with Crippen LogP contribution in [0.25, 0.3) is 0 Å². The molecule has 1 rings (SSSR count). The molecule has 0 aliphatic rings. The highest BCUT2D eigenvalue weighted by Crippen LogP contribution is 2.47. The monoisotopic (exact) mass is 280 g/mol. The molecule has 0 aromatic carbocycles. The molecule has 0 N–H and O–H groups in total. The normalized spacial score (nSPS) is 14.0. The highest BCUT2D eigenvalue weighted by Gasteiger charge is 2.35. The van der Waals surface area contributed by atoms with Gasteiger partial charge in [0.1, 0.15) is 0 Å². The first-order chi connectivity index (χ1) is 8.30. The van der Waals surface area contributed by atoms with E-state index in [1.807, 2.05) is 11.3 Å². The van der Waals surface area contributed by atoms with E-state index in [2.05, 4.69) is 69.2 Å². The van der Waals surface area contributed by atoms with Gasteiger partial charge < -0.3 is 0 Å². The molecule has 0 atom stereocenters. The minimum Gasteiger partial charge on any atom is -0.144 e. The fourth-order valence-electron chi connectivity index (χ4n) is 2.76. The third kappa shape index (κ3) is 3.42. The van der Waals surface area contributed by atoms with Gasteiger partial charge in [0, 0.05) is 9.75 Å². The first-order valence-corrected chi connectivity index (χ1v) is 8.29. The Bertz CT molecular complexity index is 442. The van der Waals surface area contributed by atoms with Crippen molar-refractivity contribution in [2.75, 3.05) is 0 Å². The van der Waals surface area contributed by atoms with Crippen LogP contribution in [-0.4, -0.2) is 0 Å². The van der Waals surface area contributed by atoms with Gasteiger partial charge in [-0.1, -0.05) is 69.2 Å². The predicted octanol–water partition coefficient (Wildman–Crippen LogP) is 6.20. The predicted molar refractivity (Wildman–Crippen MR) is 89.8 cm³/mol. The maximum Gasteiger partial charge on any atom is 0.0142 e. The minimum atomic E-state index is 0.217. The van der Waals surface area contributed by atoms with E-state index in [0.717, 1.165) is 6.42 Å². The van der Waals surface area contributed by atoms with Crippen molar-refractivity contribution in [2.45, 2.75) is 91.9 Å². The smallest absolute Gasteiger partial charge is 0.0142 e. The van der Waals surface area contributed by atoms with Gasteiger partial charge in [0.05, 0.1) is 0 Å². The van der Waals surface area contributed by atoms with E-state index in [0.29, 0.717) is 0 Å². The Hall–Kier alpha value is -0.300. The molecule has 0 nitrogen and oxygen atoms in total. The minimum absolute atomic E-state index is 0.217. The summed E-state index contributed by atoms with van der Waals surface area (Å²) < 4.78 is 0. The lowest BCUT2D eigenvalue weighted by Crippen LogP contribution is -2.25. The molecule has 0 bridgehead atoms. The van der Waals surface area contributed by atoms with Crippen LogP contribution in [0.4, 0.5) is 0 Å². The second-order valence-corrected chi connectivity index (χ2v) is 9.81. The summed E-state index contributed by atoms with van der Waals surface area (Å²) in [6.45, 7) is 23.5. The zero-order valence-electron chi connectivity index (χ0n) is 14.6. The number of hydrogen-bond acceptors (Lipinski definition) is 1. The van der Waals surface area contributed by atoms with Crippen molar-refractivity contribution in [3.05, 3.63) is 20.9 Å². The highest BCUT2D eigenvalue weighted by molar-refractivity contribution is 7.12. The summed E-state index contributed by atoms with van der Waals surface area (Å²) in [5.74, 6) is 0. The molecule has 0 saturated heterocycles. The highest BCUT2D eigenvalue weighted by atomic mass is 32.1. The number of aryl methyl sites for hydroxylation is 1. The summed E-state index contributed by atoms with van der Waals surface area (Å²) in [5, 5.41) is 0. The molecule has 0 spiro atoms. The summed E-state index contributed by atoms with van der Waals surface area (Å²) in [4.78, 5) is 3.17. The third-order valence-corrected chi connectivity index (χ3v) is 5.24. The van der Waals surface area contributed by atoms with Crippen LogP contribution < -0.4 is 0 Å². The van der Waals surface area contributed by atoms with Crippen molar-refractivity contribution in [3.8, 4) is 0 Å². The van der Waals surface area contributed by atoms with Crippen molar-refractivity contribution in [2.24, 2.45) is 0 Å². The Balaban J connectivity index is 3.75. The summed E-state index contributed by atoms with van der Waals surface area (Å²) >= 11 is 2.05. The number of hydrogen-bond donors (Lipinski definition) is 0. The van der Waals surface area contributed by atoms with Crippen molar-refractivity contribution < 1.29 is 0 Å². The van der Waals surface area contributed by atoms with E-state index in [-0.39, 0.29) is 16.2 Å². The van der Waals surface area contributed by atoms with Crippen LogP contribution in [0.15, 0.2) is 0 Å². The van der Waals surface area contributed by atoms with Crippen LogP contribution >= 0.6 is 11.3 Å². The SMILES string of the molecule is CCc1sc(C(C)(C)C)c(C(C)(C)C)c1C(C)(C)C. The maximum atomic E-state index is 2.36. The van der Waals surface area contributed by atoms with E-state index in [1.165, 1.54) is 0 Å². The molecule has 110 valence electrons. The van der Waals surface area contributed by atoms with Crippen LogP contribution in [0.3, 0.4) is 0 Å². The van der Waals surface area contributed by atoms with Gasteiger partial charge in [-0.15, -0.1) is 11.3 Å². The molecule has 0 aliphatic heterocycles. The van der Waals surface area contributed by atoms with E-state index in [9.17, 15) is 0 Å². The third-order valence-electron chi connectivity index (χ3n) is 3.48. The lowest BCUT2D eigenvalue weighted by atomic mass is 9.72. The molecule has 1 heterocycles. The Kier molecular flexibility index (Phi) is 4.33. The molecular weight excluding hydrogens is 248 g/mol. The quantitative estimate of drug-likeness (QED) is 0.574. The Morgan fingerprint density at radius 2 is 1.11 bits per heavy atom. The first-order valence-electron chi connectivity index (χ1n) is 7.47. The summed E-state index contributed by atoms with van der Waals surface area (Å²) in [6.07, 6.45) is 1.15. The van der Waals surface area contributed by atoms with Crippen molar-refractivity contribution in [3.63, 3.8) is 0 Å². The average molecular weight is 281 g/mol. The lowest BCUT2D eigenvalue weighted by molar-refractivity contribution is 0.507. The van der Waals surface area contributed by atoms with Gasteiger partial charge in [0.15, 0.2) is 0 Å². The number of rotatable bonds is 1. The van der Waals surface area contributed by atoms with Gasteiger partial charge in [-0.2, -0.15) is 0 Å². The largest absolute Gasteiger partial charge is 0.144 e. The van der Waals surface area contributed by atoms with Crippen molar-refractivity contribution in [1.29, 1.82) is 0 Å². The van der Waals surface area contributed by atoms with E-state index in [1.54, 1.807) is 20.9 Å². The molecule has 19 heavy (non-hydrogen) atoms. The molecule has 0 unspecified atom stereocenters. The van der Waals surface area contributed by atoms with Crippen molar-refractivity contribution in [1.82, 2.24) is 0 Å². The van der Waals surface area contributed by atoms with Gasteiger partial charge in [-0.3, -0.25) is 0 Å². The summed E-state index contributed by atoms with van der Waals surface area (Å²) in [5.41, 5.74) is 3.90. The van der Waals surface area contributed by atoms with Crippen molar-refractivity contribution >= 4 is 11.3 Å². The number of thiophene rings is 1. The molecular formula is C18H32S. The molecule has 0 aliphatic carbocycles. The van der Waals surface area contributed by atoms with E-state index >= 15 is 0 Å². The molecule has 0 radical (unpaired) electrons. The summed E-state index contributed by atoms with van der Waals surface area (Å²) in [6, 6.07) is 0. The van der Waals surface area contributed by atoms with E-state index < -0.39 is 0 Å². The second kappa shape index (κ2) is 4.91. The topological polar surface area (TPSA) is 0 Å². The maximum absolute atomic E-state index is 2.36. The van der Waals surface area contributed by atoms with Crippen LogP contribution in [0.1, 0.15) is 90.1 Å². The van der Waals surface area contributed by atoms with Gasteiger partial charge in [-0.05, 0) is 33.8 Å². The zero-order valence-corrected chi connectivity index (χ0v) is 15.4. The standard InChI is InChI=1S/C18H32S/c1-11-12-13(16(2,3)4)14(17(5,6)7)15(19-12)18(8,9)10/h11H2,1-10H3. The molecule has 0 amide bonds. The summed E-state index contributed by atoms with van der Waals surface area (Å²) in [7, 11) is 0. The van der Waals surface area contributed by atoms with Crippen LogP contribution in [0, 0.1) is 0 Å².